The van der Waals surface area contributed by atoms with E-state index >= 15 is 0 Å². The highest BCUT2D eigenvalue weighted by atomic mass is 16.5. The predicted molar refractivity (Wildman–Crippen MR) is 52.6 cm³/mol. The number of hydrogen-bond donors (Lipinski definition) is 2. The SMILES string of the molecule is C=CCOCCNCC1(CO)CC1. The molecule has 1 aliphatic rings. The molecule has 0 aromatic rings. The summed E-state index contributed by atoms with van der Waals surface area (Å²) < 4.78 is 5.21. The van der Waals surface area contributed by atoms with Crippen LogP contribution in [0, 0.1) is 5.41 Å². The van der Waals surface area contributed by atoms with Crippen molar-refractivity contribution < 1.29 is 9.84 Å². The van der Waals surface area contributed by atoms with Crippen molar-refractivity contribution in [3.05, 3.63) is 12.7 Å². The number of hydrogen-bond acceptors (Lipinski definition) is 3. The van der Waals surface area contributed by atoms with E-state index in [-0.39, 0.29) is 5.41 Å². The van der Waals surface area contributed by atoms with Gasteiger partial charge in [-0.1, -0.05) is 6.08 Å². The first kappa shape index (κ1) is 10.7. The van der Waals surface area contributed by atoms with Crippen LogP contribution in [0.3, 0.4) is 0 Å². The highest BCUT2D eigenvalue weighted by Gasteiger charge is 2.41. The lowest BCUT2D eigenvalue weighted by Gasteiger charge is -2.12. The fraction of sp³-hybridized carbons (Fsp3) is 0.800. The molecule has 13 heavy (non-hydrogen) atoms. The smallest absolute Gasteiger partial charge is 0.0645 e. The average molecular weight is 185 g/mol. The third kappa shape index (κ3) is 3.89. The van der Waals surface area contributed by atoms with Gasteiger partial charge in [-0.05, 0) is 12.8 Å². The van der Waals surface area contributed by atoms with Crippen LogP contribution >= 0.6 is 0 Å². The quantitative estimate of drug-likeness (QED) is 0.428. The highest BCUT2D eigenvalue weighted by Crippen LogP contribution is 2.44. The van der Waals surface area contributed by atoms with Crippen molar-refractivity contribution in [1.82, 2.24) is 5.32 Å². The molecule has 2 N–H and O–H groups in total. The zero-order valence-corrected chi connectivity index (χ0v) is 8.09. The molecule has 76 valence electrons. The fourth-order valence-electron chi connectivity index (χ4n) is 1.23. The number of rotatable bonds is 8. The number of aliphatic hydroxyl groups is 1. The minimum Gasteiger partial charge on any atom is -0.396 e. The molecule has 0 heterocycles. The summed E-state index contributed by atoms with van der Waals surface area (Å²) in [5.74, 6) is 0. The van der Waals surface area contributed by atoms with E-state index < -0.39 is 0 Å². The summed E-state index contributed by atoms with van der Waals surface area (Å²) >= 11 is 0. The number of nitrogens with one attached hydrogen (secondary N) is 1. The second-order valence-electron chi connectivity index (χ2n) is 3.70. The summed E-state index contributed by atoms with van der Waals surface area (Å²) in [6.45, 7) is 6.98. The number of ether oxygens (including phenoxy) is 1. The van der Waals surface area contributed by atoms with Gasteiger partial charge in [-0.25, -0.2) is 0 Å². The van der Waals surface area contributed by atoms with Crippen LogP contribution in [0.1, 0.15) is 12.8 Å². The van der Waals surface area contributed by atoms with Gasteiger partial charge < -0.3 is 15.2 Å². The third-order valence-electron chi connectivity index (χ3n) is 2.45. The number of aliphatic hydroxyl groups excluding tert-OH is 1. The molecule has 0 spiro atoms. The van der Waals surface area contributed by atoms with Crippen LogP contribution in [0.25, 0.3) is 0 Å². The summed E-state index contributed by atoms with van der Waals surface area (Å²) in [7, 11) is 0. The summed E-state index contributed by atoms with van der Waals surface area (Å²) in [5.41, 5.74) is 0.207. The molecule has 0 amide bonds. The Morgan fingerprint density at radius 2 is 2.31 bits per heavy atom. The average Bonchev–Trinajstić information content (AvgIpc) is 2.92. The molecule has 0 aliphatic heterocycles. The Balaban J connectivity index is 1.87. The lowest BCUT2D eigenvalue weighted by Crippen LogP contribution is -2.29. The summed E-state index contributed by atoms with van der Waals surface area (Å²) in [6.07, 6.45) is 4.06. The van der Waals surface area contributed by atoms with Crippen LogP contribution in [0.15, 0.2) is 12.7 Å². The Morgan fingerprint density at radius 3 is 2.85 bits per heavy atom. The Hall–Kier alpha value is -0.380. The summed E-state index contributed by atoms with van der Waals surface area (Å²) in [5, 5.41) is 12.3. The molecule has 1 aliphatic carbocycles. The molecule has 1 saturated carbocycles. The first-order chi connectivity index (χ1) is 6.33. The molecule has 1 fully saturated rings. The zero-order chi connectivity index (χ0) is 9.57. The second kappa shape index (κ2) is 5.37. The van der Waals surface area contributed by atoms with E-state index in [4.69, 9.17) is 9.84 Å². The predicted octanol–water partition coefficient (Wildman–Crippen LogP) is 0.551. The van der Waals surface area contributed by atoms with Gasteiger partial charge >= 0.3 is 0 Å². The van der Waals surface area contributed by atoms with Crippen LogP contribution in [-0.4, -0.2) is 38.0 Å². The lowest BCUT2D eigenvalue weighted by molar-refractivity contribution is 0.157. The van der Waals surface area contributed by atoms with E-state index in [9.17, 15) is 0 Å². The molecule has 0 saturated heterocycles. The maximum Gasteiger partial charge on any atom is 0.0645 e. The lowest BCUT2D eigenvalue weighted by atomic mass is 10.1. The largest absolute Gasteiger partial charge is 0.396 e. The van der Waals surface area contributed by atoms with Gasteiger partial charge in [-0.3, -0.25) is 0 Å². The maximum absolute atomic E-state index is 9.01. The van der Waals surface area contributed by atoms with Crippen molar-refractivity contribution in [3.8, 4) is 0 Å². The Morgan fingerprint density at radius 1 is 1.54 bits per heavy atom. The van der Waals surface area contributed by atoms with Gasteiger partial charge in [0.05, 0.1) is 13.2 Å². The Labute approximate surface area is 79.8 Å². The van der Waals surface area contributed by atoms with Crippen molar-refractivity contribution in [3.63, 3.8) is 0 Å². The molecule has 0 radical (unpaired) electrons. The van der Waals surface area contributed by atoms with E-state index in [1.165, 1.54) is 0 Å². The van der Waals surface area contributed by atoms with E-state index in [1.807, 2.05) is 0 Å². The molecule has 0 aromatic heterocycles. The van der Waals surface area contributed by atoms with Crippen molar-refractivity contribution >= 4 is 0 Å². The van der Waals surface area contributed by atoms with Crippen molar-refractivity contribution in [2.75, 3.05) is 32.9 Å². The fourth-order valence-corrected chi connectivity index (χ4v) is 1.23. The van der Waals surface area contributed by atoms with Crippen LogP contribution in [0.5, 0.6) is 0 Å². The van der Waals surface area contributed by atoms with Crippen molar-refractivity contribution in [2.24, 2.45) is 5.41 Å². The molecule has 0 atom stereocenters. The van der Waals surface area contributed by atoms with Gasteiger partial charge in [0.15, 0.2) is 0 Å². The minimum absolute atomic E-state index is 0.207. The first-order valence-corrected chi connectivity index (χ1v) is 4.83. The zero-order valence-electron chi connectivity index (χ0n) is 8.09. The van der Waals surface area contributed by atoms with Gasteiger partial charge in [0, 0.05) is 25.1 Å². The summed E-state index contributed by atoms with van der Waals surface area (Å²) in [6, 6.07) is 0. The molecule has 0 aromatic carbocycles. The molecule has 1 rings (SSSR count). The summed E-state index contributed by atoms with van der Waals surface area (Å²) in [4.78, 5) is 0. The molecule has 3 nitrogen and oxygen atoms in total. The molecular formula is C10H19NO2. The molecule has 0 bridgehead atoms. The maximum atomic E-state index is 9.01. The van der Waals surface area contributed by atoms with Gasteiger partial charge in [0.1, 0.15) is 0 Å². The Bertz CT molecular complexity index is 155. The topological polar surface area (TPSA) is 41.5 Å². The second-order valence-corrected chi connectivity index (χ2v) is 3.70. The van der Waals surface area contributed by atoms with E-state index in [2.05, 4.69) is 11.9 Å². The monoisotopic (exact) mass is 185 g/mol. The highest BCUT2D eigenvalue weighted by molar-refractivity contribution is 4.94. The van der Waals surface area contributed by atoms with Crippen LogP contribution in [0.4, 0.5) is 0 Å². The molecule has 3 heteroatoms. The van der Waals surface area contributed by atoms with Gasteiger partial charge in [-0.15, -0.1) is 6.58 Å². The van der Waals surface area contributed by atoms with Gasteiger partial charge in [-0.2, -0.15) is 0 Å². The normalized spacial score (nSPS) is 18.5. The van der Waals surface area contributed by atoms with E-state index in [0.29, 0.717) is 19.8 Å². The van der Waals surface area contributed by atoms with Crippen molar-refractivity contribution in [2.45, 2.75) is 12.8 Å². The van der Waals surface area contributed by atoms with Crippen LogP contribution in [-0.2, 0) is 4.74 Å². The third-order valence-corrected chi connectivity index (χ3v) is 2.45. The Kier molecular flexibility index (Phi) is 4.42. The van der Waals surface area contributed by atoms with Crippen LogP contribution in [0.2, 0.25) is 0 Å². The van der Waals surface area contributed by atoms with Gasteiger partial charge in [0.25, 0.3) is 0 Å². The minimum atomic E-state index is 0.207. The van der Waals surface area contributed by atoms with Gasteiger partial charge in [0.2, 0.25) is 0 Å². The van der Waals surface area contributed by atoms with E-state index in [1.54, 1.807) is 6.08 Å². The molecular weight excluding hydrogens is 166 g/mol. The van der Waals surface area contributed by atoms with Crippen molar-refractivity contribution in [1.29, 1.82) is 0 Å². The standard InChI is InChI=1S/C10H19NO2/c1-2-6-13-7-5-11-8-10(9-12)3-4-10/h2,11-12H,1,3-9H2. The first-order valence-electron chi connectivity index (χ1n) is 4.83. The van der Waals surface area contributed by atoms with E-state index in [0.717, 1.165) is 25.9 Å². The molecule has 0 unspecified atom stereocenters. The van der Waals surface area contributed by atoms with Crippen LogP contribution < -0.4 is 5.32 Å².